The standard InChI is InChI=1S/C14H19NOS/c1-14(2)13(15-10-7-8-17-9-10)11-5-3-4-6-12(11)16-14/h3-6,10,13,15H,7-9H2,1-2H3. The first-order valence-corrected chi connectivity index (χ1v) is 7.44. The highest BCUT2D eigenvalue weighted by atomic mass is 32.2. The molecule has 0 radical (unpaired) electrons. The van der Waals surface area contributed by atoms with Crippen LogP contribution in [0.1, 0.15) is 31.9 Å². The molecular formula is C14H19NOS. The monoisotopic (exact) mass is 249 g/mol. The molecule has 1 aromatic carbocycles. The average molecular weight is 249 g/mol. The first-order valence-electron chi connectivity index (χ1n) is 6.28. The fraction of sp³-hybridized carbons (Fsp3) is 0.571. The van der Waals surface area contributed by atoms with Crippen molar-refractivity contribution in [2.45, 2.75) is 38.0 Å². The van der Waals surface area contributed by atoms with Gasteiger partial charge in [-0.1, -0.05) is 18.2 Å². The maximum atomic E-state index is 6.05. The molecule has 2 heterocycles. The second kappa shape index (κ2) is 4.21. The van der Waals surface area contributed by atoms with Gasteiger partial charge in [-0.3, -0.25) is 0 Å². The third-order valence-corrected chi connectivity index (χ3v) is 4.79. The molecule has 0 aromatic heterocycles. The summed E-state index contributed by atoms with van der Waals surface area (Å²) < 4.78 is 6.05. The van der Waals surface area contributed by atoms with Crippen molar-refractivity contribution in [3.05, 3.63) is 29.8 Å². The van der Waals surface area contributed by atoms with Crippen molar-refractivity contribution >= 4 is 11.8 Å². The summed E-state index contributed by atoms with van der Waals surface area (Å²) in [4.78, 5) is 0. The summed E-state index contributed by atoms with van der Waals surface area (Å²) in [5.41, 5.74) is 1.17. The number of fused-ring (bicyclic) bond motifs is 1. The second-order valence-corrected chi connectivity index (χ2v) is 6.55. The quantitative estimate of drug-likeness (QED) is 0.870. The van der Waals surface area contributed by atoms with E-state index in [0.717, 1.165) is 5.75 Å². The van der Waals surface area contributed by atoms with Gasteiger partial charge in [-0.15, -0.1) is 0 Å². The Morgan fingerprint density at radius 3 is 2.94 bits per heavy atom. The summed E-state index contributed by atoms with van der Waals surface area (Å²) in [6, 6.07) is 9.36. The number of nitrogens with one attached hydrogen (secondary N) is 1. The molecule has 17 heavy (non-hydrogen) atoms. The Bertz CT molecular complexity index is 412. The molecular weight excluding hydrogens is 230 g/mol. The van der Waals surface area contributed by atoms with Crippen LogP contribution in [-0.2, 0) is 0 Å². The van der Waals surface area contributed by atoms with E-state index in [4.69, 9.17) is 4.74 Å². The Labute approximate surface area is 107 Å². The second-order valence-electron chi connectivity index (χ2n) is 5.40. The summed E-state index contributed by atoms with van der Waals surface area (Å²) in [6.07, 6.45) is 1.28. The summed E-state index contributed by atoms with van der Waals surface area (Å²) in [5.74, 6) is 3.56. The Morgan fingerprint density at radius 1 is 1.35 bits per heavy atom. The van der Waals surface area contributed by atoms with Crippen LogP contribution in [0.5, 0.6) is 5.75 Å². The van der Waals surface area contributed by atoms with E-state index >= 15 is 0 Å². The fourth-order valence-corrected chi connectivity index (χ4v) is 3.89. The maximum absolute atomic E-state index is 6.05. The molecule has 2 aliphatic rings. The minimum absolute atomic E-state index is 0.142. The van der Waals surface area contributed by atoms with Gasteiger partial charge in [-0.25, -0.2) is 0 Å². The van der Waals surface area contributed by atoms with Gasteiger partial charge in [0.15, 0.2) is 0 Å². The highest BCUT2D eigenvalue weighted by Gasteiger charge is 2.41. The molecule has 0 bridgehead atoms. The first-order chi connectivity index (χ1) is 8.17. The molecule has 1 aromatic rings. The highest BCUT2D eigenvalue weighted by molar-refractivity contribution is 7.99. The van der Waals surface area contributed by atoms with Crippen molar-refractivity contribution in [1.82, 2.24) is 5.32 Å². The summed E-state index contributed by atoms with van der Waals surface area (Å²) in [6.45, 7) is 4.35. The van der Waals surface area contributed by atoms with Crippen LogP contribution in [0.15, 0.2) is 24.3 Å². The van der Waals surface area contributed by atoms with Crippen LogP contribution in [-0.4, -0.2) is 23.1 Å². The first kappa shape index (κ1) is 11.4. The lowest BCUT2D eigenvalue weighted by atomic mass is 9.93. The van der Waals surface area contributed by atoms with E-state index in [1.807, 2.05) is 17.8 Å². The van der Waals surface area contributed by atoms with E-state index < -0.39 is 0 Å². The number of para-hydroxylation sites is 1. The van der Waals surface area contributed by atoms with Gasteiger partial charge in [0.05, 0.1) is 6.04 Å². The lowest BCUT2D eigenvalue weighted by Crippen LogP contribution is -2.43. The molecule has 0 spiro atoms. The van der Waals surface area contributed by atoms with E-state index in [1.54, 1.807) is 0 Å². The van der Waals surface area contributed by atoms with Gasteiger partial charge >= 0.3 is 0 Å². The van der Waals surface area contributed by atoms with Gasteiger partial charge in [0.25, 0.3) is 0 Å². The van der Waals surface area contributed by atoms with Gasteiger partial charge in [-0.05, 0) is 32.1 Å². The number of ether oxygens (including phenoxy) is 1. The third kappa shape index (κ3) is 2.06. The zero-order valence-corrected chi connectivity index (χ0v) is 11.2. The van der Waals surface area contributed by atoms with Crippen molar-refractivity contribution in [1.29, 1.82) is 0 Å². The minimum atomic E-state index is -0.142. The average Bonchev–Trinajstić information content (AvgIpc) is 2.86. The lowest BCUT2D eigenvalue weighted by Gasteiger charge is -2.29. The van der Waals surface area contributed by atoms with E-state index in [0.29, 0.717) is 12.1 Å². The molecule has 1 N–H and O–H groups in total. The number of rotatable bonds is 2. The van der Waals surface area contributed by atoms with E-state index in [9.17, 15) is 0 Å². The predicted molar refractivity (Wildman–Crippen MR) is 72.8 cm³/mol. The molecule has 0 aliphatic carbocycles. The Kier molecular flexibility index (Phi) is 2.83. The number of hydrogen-bond acceptors (Lipinski definition) is 3. The zero-order chi connectivity index (χ0) is 11.9. The van der Waals surface area contributed by atoms with Crippen molar-refractivity contribution in [3.8, 4) is 5.75 Å². The van der Waals surface area contributed by atoms with Crippen LogP contribution in [0.3, 0.4) is 0 Å². The van der Waals surface area contributed by atoms with Gasteiger partial charge in [-0.2, -0.15) is 11.8 Å². The molecule has 1 fully saturated rings. The number of thioether (sulfide) groups is 1. The molecule has 0 amide bonds. The predicted octanol–water partition coefficient (Wildman–Crippen LogP) is 2.99. The smallest absolute Gasteiger partial charge is 0.125 e. The molecule has 92 valence electrons. The lowest BCUT2D eigenvalue weighted by molar-refractivity contribution is 0.0923. The molecule has 2 aliphatic heterocycles. The van der Waals surface area contributed by atoms with Crippen molar-refractivity contribution in [3.63, 3.8) is 0 Å². The van der Waals surface area contributed by atoms with Gasteiger partial charge in [0, 0.05) is 17.4 Å². The minimum Gasteiger partial charge on any atom is -0.486 e. The van der Waals surface area contributed by atoms with Gasteiger partial charge in [0.1, 0.15) is 11.4 Å². The van der Waals surface area contributed by atoms with E-state index in [2.05, 4.69) is 37.4 Å². The number of benzene rings is 1. The van der Waals surface area contributed by atoms with Crippen molar-refractivity contribution in [2.24, 2.45) is 0 Å². The fourth-order valence-electron chi connectivity index (χ4n) is 2.72. The summed E-state index contributed by atoms with van der Waals surface area (Å²) in [5, 5.41) is 3.78. The van der Waals surface area contributed by atoms with E-state index in [1.165, 1.54) is 23.5 Å². The van der Waals surface area contributed by atoms with Crippen LogP contribution in [0.4, 0.5) is 0 Å². The van der Waals surface area contributed by atoms with Crippen LogP contribution in [0, 0.1) is 0 Å². The molecule has 3 rings (SSSR count). The Morgan fingerprint density at radius 2 is 2.18 bits per heavy atom. The van der Waals surface area contributed by atoms with Crippen molar-refractivity contribution in [2.75, 3.05) is 11.5 Å². The summed E-state index contributed by atoms with van der Waals surface area (Å²) in [7, 11) is 0. The molecule has 0 saturated carbocycles. The van der Waals surface area contributed by atoms with Gasteiger partial charge < -0.3 is 10.1 Å². The maximum Gasteiger partial charge on any atom is 0.125 e. The van der Waals surface area contributed by atoms with Crippen LogP contribution in [0.2, 0.25) is 0 Å². The Balaban J connectivity index is 1.85. The van der Waals surface area contributed by atoms with Gasteiger partial charge in [0.2, 0.25) is 0 Å². The topological polar surface area (TPSA) is 21.3 Å². The van der Waals surface area contributed by atoms with E-state index in [-0.39, 0.29) is 5.60 Å². The van der Waals surface area contributed by atoms with Crippen molar-refractivity contribution < 1.29 is 4.74 Å². The molecule has 1 saturated heterocycles. The molecule has 2 nitrogen and oxygen atoms in total. The SMILES string of the molecule is CC1(C)Oc2ccccc2C1NC1CCSC1. The highest BCUT2D eigenvalue weighted by Crippen LogP contribution is 2.43. The Hall–Kier alpha value is -0.670. The third-order valence-electron chi connectivity index (χ3n) is 3.63. The number of hydrogen-bond donors (Lipinski definition) is 1. The molecule has 3 heteroatoms. The summed E-state index contributed by atoms with van der Waals surface area (Å²) >= 11 is 2.04. The molecule has 2 atom stereocenters. The zero-order valence-electron chi connectivity index (χ0n) is 10.4. The van der Waals surface area contributed by atoms with Crippen LogP contribution >= 0.6 is 11.8 Å². The van der Waals surface area contributed by atoms with Crippen LogP contribution in [0.25, 0.3) is 0 Å². The largest absolute Gasteiger partial charge is 0.486 e. The van der Waals surface area contributed by atoms with Crippen LogP contribution < -0.4 is 10.1 Å². The molecule has 2 unspecified atom stereocenters. The normalized spacial score (nSPS) is 30.0.